The highest BCUT2D eigenvalue weighted by molar-refractivity contribution is 6.35. The smallest absolute Gasteiger partial charge is 0.231 e. The molecule has 3 nitrogen and oxygen atoms in total. The molecule has 4 rings (SSSR count). The molecular weight excluding hydrogens is 369 g/mol. The molecule has 2 aromatic carbocycles. The van der Waals surface area contributed by atoms with E-state index in [-0.39, 0.29) is 11.9 Å². The van der Waals surface area contributed by atoms with E-state index in [4.69, 9.17) is 27.9 Å². The van der Waals surface area contributed by atoms with E-state index >= 15 is 0 Å². The van der Waals surface area contributed by atoms with Crippen molar-refractivity contribution in [3.63, 3.8) is 0 Å². The molecule has 1 saturated heterocycles. The van der Waals surface area contributed by atoms with Crippen molar-refractivity contribution in [3.8, 4) is 0 Å². The minimum Gasteiger partial charge on any atom is -0.381 e. The molecule has 2 aromatic rings. The summed E-state index contributed by atoms with van der Waals surface area (Å²) in [7, 11) is 0. The first-order valence-corrected chi connectivity index (χ1v) is 9.75. The Balaban J connectivity index is 1.56. The highest BCUT2D eigenvalue weighted by atomic mass is 35.5. The van der Waals surface area contributed by atoms with Gasteiger partial charge in [0, 0.05) is 35.2 Å². The Kier molecular flexibility index (Phi) is 4.96. The Labute approximate surface area is 163 Å². The van der Waals surface area contributed by atoms with Gasteiger partial charge in [0.25, 0.3) is 0 Å². The number of amides is 1. The van der Waals surface area contributed by atoms with Crippen molar-refractivity contribution in [2.45, 2.75) is 36.6 Å². The monoisotopic (exact) mass is 389 g/mol. The molecule has 0 bridgehead atoms. The number of rotatable bonds is 4. The van der Waals surface area contributed by atoms with Gasteiger partial charge >= 0.3 is 0 Å². The van der Waals surface area contributed by atoms with Crippen molar-refractivity contribution in [2.24, 2.45) is 0 Å². The van der Waals surface area contributed by atoms with Crippen molar-refractivity contribution in [2.75, 3.05) is 13.2 Å². The summed E-state index contributed by atoms with van der Waals surface area (Å²) < 4.78 is 5.52. The zero-order valence-electron chi connectivity index (χ0n) is 14.4. The van der Waals surface area contributed by atoms with Gasteiger partial charge in [-0.15, -0.1) is 0 Å². The molecule has 1 aliphatic heterocycles. The van der Waals surface area contributed by atoms with Crippen molar-refractivity contribution in [3.05, 3.63) is 69.7 Å². The normalized spacial score (nSPS) is 24.1. The van der Waals surface area contributed by atoms with E-state index in [0.29, 0.717) is 42.0 Å². The van der Waals surface area contributed by atoms with E-state index in [1.807, 2.05) is 24.3 Å². The first-order valence-electron chi connectivity index (χ1n) is 8.99. The van der Waals surface area contributed by atoms with Gasteiger partial charge in [-0.3, -0.25) is 4.79 Å². The first kappa shape index (κ1) is 17.8. The van der Waals surface area contributed by atoms with E-state index in [1.165, 1.54) is 5.56 Å². The van der Waals surface area contributed by atoms with Crippen LogP contribution >= 0.6 is 23.2 Å². The summed E-state index contributed by atoms with van der Waals surface area (Å²) in [6, 6.07) is 15.9. The lowest BCUT2D eigenvalue weighted by Crippen LogP contribution is -2.49. The Bertz CT molecular complexity index is 803. The van der Waals surface area contributed by atoms with Crippen LogP contribution in [0.4, 0.5) is 0 Å². The predicted molar refractivity (Wildman–Crippen MR) is 104 cm³/mol. The average Bonchev–Trinajstić information content (AvgIpc) is 3.42. The van der Waals surface area contributed by atoms with E-state index in [1.54, 1.807) is 12.1 Å². The Morgan fingerprint density at radius 2 is 1.81 bits per heavy atom. The van der Waals surface area contributed by atoms with Crippen molar-refractivity contribution in [1.29, 1.82) is 0 Å². The molecule has 1 amide bonds. The number of halogens is 2. The summed E-state index contributed by atoms with van der Waals surface area (Å²) in [5.74, 6) is 0.450. The number of benzene rings is 2. The quantitative estimate of drug-likeness (QED) is 0.821. The maximum absolute atomic E-state index is 13.3. The second-order valence-electron chi connectivity index (χ2n) is 7.15. The molecule has 2 atom stereocenters. The lowest BCUT2D eigenvalue weighted by molar-refractivity contribution is -0.130. The Hall–Kier alpha value is -1.55. The van der Waals surface area contributed by atoms with Crippen molar-refractivity contribution >= 4 is 29.1 Å². The standard InChI is InChI=1S/C21H21Cl2NO2/c22-15-6-7-17(18(23)12-15)21(8-10-26-11-9-21)20(25)24-19-13-16(19)14-4-2-1-3-5-14/h1-7,12,16,19H,8-11,13H2,(H,24,25)/t16-,19-/m0/s1. The lowest BCUT2D eigenvalue weighted by atomic mass is 9.73. The molecule has 0 spiro atoms. The van der Waals surface area contributed by atoms with Crippen LogP contribution < -0.4 is 5.32 Å². The second kappa shape index (κ2) is 7.22. The molecule has 2 aliphatic rings. The number of hydrogen-bond donors (Lipinski definition) is 1. The number of nitrogens with one attached hydrogen (secondary N) is 1. The SMILES string of the molecule is O=C(N[C@H]1C[C@H]1c1ccccc1)C1(c2ccc(Cl)cc2Cl)CCOCC1. The van der Waals surface area contributed by atoms with Crippen LogP contribution in [-0.4, -0.2) is 25.2 Å². The zero-order chi connectivity index (χ0) is 18.1. The van der Waals surface area contributed by atoms with Gasteiger partial charge < -0.3 is 10.1 Å². The van der Waals surface area contributed by atoms with Crippen molar-refractivity contribution in [1.82, 2.24) is 5.32 Å². The summed E-state index contributed by atoms with van der Waals surface area (Å²) in [4.78, 5) is 13.3. The fraction of sp³-hybridized carbons (Fsp3) is 0.381. The van der Waals surface area contributed by atoms with Gasteiger partial charge in [0.1, 0.15) is 0 Å². The molecule has 136 valence electrons. The Morgan fingerprint density at radius 3 is 2.50 bits per heavy atom. The van der Waals surface area contributed by atoms with Crippen LogP contribution in [-0.2, 0) is 14.9 Å². The van der Waals surface area contributed by atoms with E-state index < -0.39 is 5.41 Å². The molecule has 5 heteroatoms. The van der Waals surface area contributed by atoms with Gasteiger partial charge in [0.15, 0.2) is 0 Å². The van der Waals surface area contributed by atoms with Gasteiger partial charge in [-0.2, -0.15) is 0 Å². The number of hydrogen-bond acceptors (Lipinski definition) is 2. The predicted octanol–water partition coefficient (Wildman–Crippen LogP) is 4.71. The largest absolute Gasteiger partial charge is 0.381 e. The van der Waals surface area contributed by atoms with Crippen LogP contribution in [0.1, 0.15) is 36.3 Å². The topological polar surface area (TPSA) is 38.3 Å². The molecule has 1 saturated carbocycles. The van der Waals surface area contributed by atoms with Gasteiger partial charge in [-0.05, 0) is 42.5 Å². The van der Waals surface area contributed by atoms with Crippen LogP contribution in [0.25, 0.3) is 0 Å². The number of carbonyl (C=O) groups excluding carboxylic acids is 1. The summed E-state index contributed by atoms with van der Waals surface area (Å²) in [6.07, 6.45) is 2.24. The van der Waals surface area contributed by atoms with Gasteiger partial charge in [-0.25, -0.2) is 0 Å². The minimum absolute atomic E-state index is 0.0495. The zero-order valence-corrected chi connectivity index (χ0v) is 15.9. The highest BCUT2D eigenvalue weighted by Crippen LogP contribution is 2.44. The summed E-state index contributed by atoms with van der Waals surface area (Å²) in [5, 5.41) is 4.39. The molecular formula is C21H21Cl2NO2. The molecule has 1 N–H and O–H groups in total. The molecule has 26 heavy (non-hydrogen) atoms. The maximum Gasteiger partial charge on any atom is 0.231 e. The van der Waals surface area contributed by atoms with Crippen LogP contribution in [0.15, 0.2) is 48.5 Å². The van der Waals surface area contributed by atoms with E-state index in [9.17, 15) is 4.79 Å². The molecule has 0 aromatic heterocycles. The van der Waals surface area contributed by atoms with E-state index in [2.05, 4.69) is 17.4 Å². The third-order valence-corrected chi connectivity index (χ3v) is 6.11. The number of carbonyl (C=O) groups is 1. The molecule has 0 unspecified atom stereocenters. The molecule has 2 fully saturated rings. The summed E-state index contributed by atoms with van der Waals surface area (Å²) in [5.41, 5.74) is 1.48. The van der Waals surface area contributed by atoms with Crippen LogP contribution in [0.5, 0.6) is 0 Å². The van der Waals surface area contributed by atoms with Crippen molar-refractivity contribution < 1.29 is 9.53 Å². The van der Waals surface area contributed by atoms with Gasteiger partial charge in [0.05, 0.1) is 5.41 Å². The minimum atomic E-state index is -0.649. The first-order chi connectivity index (χ1) is 12.6. The molecule has 0 radical (unpaired) electrons. The fourth-order valence-corrected chi connectivity index (χ4v) is 4.54. The van der Waals surface area contributed by atoms with Crippen LogP contribution in [0, 0.1) is 0 Å². The number of ether oxygens (including phenoxy) is 1. The highest BCUT2D eigenvalue weighted by Gasteiger charge is 2.47. The average molecular weight is 390 g/mol. The van der Waals surface area contributed by atoms with Gasteiger partial charge in [-0.1, -0.05) is 59.6 Å². The Morgan fingerprint density at radius 1 is 1.08 bits per heavy atom. The summed E-state index contributed by atoms with van der Waals surface area (Å²) >= 11 is 12.5. The third kappa shape index (κ3) is 3.36. The lowest BCUT2D eigenvalue weighted by Gasteiger charge is -2.37. The molecule has 1 heterocycles. The van der Waals surface area contributed by atoms with Crippen LogP contribution in [0.3, 0.4) is 0 Å². The fourth-order valence-electron chi connectivity index (χ4n) is 3.95. The third-order valence-electron chi connectivity index (χ3n) is 5.56. The second-order valence-corrected chi connectivity index (χ2v) is 8.00. The summed E-state index contributed by atoms with van der Waals surface area (Å²) in [6.45, 7) is 1.11. The molecule has 1 aliphatic carbocycles. The van der Waals surface area contributed by atoms with Crippen LogP contribution in [0.2, 0.25) is 10.0 Å². The van der Waals surface area contributed by atoms with E-state index in [0.717, 1.165) is 12.0 Å². The van der Waals surface area contributed by atoms with Gasteiger partial charge in [0.2, 0.25) is 5.91 Å². The maximum atomic E-state index is 13.3.